The lowest BCUT2D eigenvalue weighted by Gasteiger charge is -2.03. The Kier molecular flexibility index (Phi) is 2.79. The molecule has 0 atom stereocenters. The zero-order valence-corrected chi connectivity index (χ0v) is 8.97. The molecule has 0 fully saturated rings. The molecular weight excluding hydrogens is 239 g/mol. The quantitative estimate of drug-likeness (QED) is 0.882. The number of rotatable bonds is 2. The van der Waals surface area contributed by atoms with Crippen LogP contribution in [0.15, 0.2) is 27.5 Å². The Hall–Kier alpha value is -1.26. The molecule has 15 heavy (non-hydrogen) atoms. The Bertz CT molecular complexity index is 513. The molecule has 0 spiro atoms. The number of hydrogen-bond donors (Lipinski definition) is 1. The Balaban J connectivity index is 2.35. The maximum Gasteiger partial charge on any atom is 0.438 e. The standard InChI is InChI=1S/C9H6Cl2N2O2/c10-6-2-1-3-7(11)5(6)4-8-12-9(14)15-13-8/h1-3H,4H2,(H,12,13,14). The van der Waals surface area contributed by atoms with Crippen LogP contribution < -0.4 is 5.76 Å². The lowest BCUT2D eigenvalue weighted by atomic mass is 10.1. The molecule has 0 saturated heterocycles. The summed E-state index contributed by atoms with van der Waals surface area (Å²) in [5.74, 6) is -0.192. The number of hydrogen-bond acceptors (Lipinski definition) is 3. The van der Waals surface area contributed by atoms with Gasteiger partial charge in [0, 0.05) is 16.5 Å². The van der Waals surface area contributed by atoms with E-state index in [0.717, 1.165) is 0 Å². The first-order valence-electron chi connectivity index (χ1n) is 4.14. The summed E-state index contributed by atoms with van der Waals surface area (Å²) in [4.78, 5) is 13.1. The number of nitrogens with one attached hydrogen (secondary N) is 1. The molecule has 0 saturated carbocycles. The van der Waals surface area contributed by atoms with E-state index < -0.39 is 5.76 Å². The predicted octanol–water partition coefficient (Wildman–Crippen LogP) is 2.26. The van der Waals surface area contributed by atoms with Crippen LogP contribution in [0.2, 0.25) is 10.0 Å². The Morgan fingerprint density at radius 3 is 2.53 bits per heavy atom. The molecule has 0 radical (unpaired) electrons. The second-order valence-corrected chi connectivity index (χ2v) is 3.73. The van der Waals surface area contributed by atoms with Crippen LogP contribution in [0.4, 0.5) is 0 Å². The number of halogens is 2. The molecule has 1 aromatic carbocycles. The second kappa shape index (κ2) is 4.08. The van der Waals surface area contributed by atoms with Crippen LogP contribution in [0, 0.1) is 0 Å². The van der Waals surface area contributed by atoms with Gasteiger partial charge in [-0.15, -0.1) is 0 Å². The topological polar surface area (TPSA) is 58.9 Å². The summed E-state index contributed by atoms with van der Waals surface area (Å²) in [6.45, 7) is 0. The molecule has 1 N–H and O–H groups in total. The predicted molar refractivity (Wildman–Crippen MR) is 56.4 cm³/mol. The van der Waals surface area contributed by atoms with Crippen molar-refractivity contribution in [3.05, 3.63) is 50.2 Å². The van der Waals surface area contributed by atoms with E-state index in [4.69, 9.17) is 23.2 Å². The maximum absolute atomic E-state index is 10.7. The fourth-order valence-corrected chi connectivity index (χ4v) is 1.74. The highest BCUT2D eigenvalue weighted by molar-refractivity contribution is 6.36. The van der Waals surface area contributed by atoms with Gasteiger partial charge in [-0.05, 0) is 17.7 Å². The van der Waals surface area contributed by atoms with Gasteiger partial charge in [0.05, 0.1) is 0 Å². The molecular formula is C9H6Cl2N2O2. The minimum Gasteiger partial charge on any atom is -0.296 e. The summed E-state index contributed by atoms with van der Waals surface area (Å²) in [5.41, 5.74) is 0.713. The first-order valence-corrected chi connectivity index (χ1v) is 4.90. The molecule has 4 nitrogen and oxygen atoms in total. The largest absolute Gasteiger partial charge is 0.438 e. The molecule has 2 aromatic rings. The van der Waals surface area contributed by atoms with Crippen molar-refractivity contribution in [3.8, 4) is 0 Å². The maximum atomic E-state index is 10.7. The van der Waals surface area contributed by atoms with Crippen LogP contribution in [0.1, 0.15) is 11.4 Å². The lowest BCUT2D eigenvalue weighted by molar-refractivity contribution is 0.382. The van der Waals surface area contributed by atoms with Gasteiger partial charge in [-0.3, -0.25) is 9.51 Å². The van der Waals surface area contributed by atoms with Crippen LogP contribution in [0.3, 0.4) is 0 Å². The summed E-state index contributed by atoms with van der Waals surface area (Å²) >= 11 is 11.9. The van der Waals surface area contributed by atoms with Crippen LogP contribution in [0.25, 0.3) is 0 Å². The SMILES string of the molecule is O=c1[nH]c(Cc2c(Cl)cccc2Cl)no1. The van der Waals surface area contributed by atoms with Gasteiger partial charge in [-0.2, -0.15) is 0 Å². The average Bonchev–Trinajstić information content (AvgIpc) is 2.58. The van der Waals surface area contributed by atoms with Gasteiger partial charge in [0.15, 0.2) is 5.82 Å². The second-order valence-electron chi connectivity index (χ2n) is 2.92. The van der Waals surface area contributed by atoms with E-state index in [1.54, 1.807) is 18.2 Å². The molecule has 1 aromatic heterocycles. The van der Waals surface area contributed by atoms with E-state index in [0.29, 0.717) is 27.9 Å². The van der Waals surface area contributed by atoms with E-state index in [2.05, 4.69) is 14.7 Å². The highest BCUT2D eigenvalue weighted by atomic mass is 35.5. The van der Waals surface area contributed by atoms with Gasteiger partial charge in [0.1, 0.15) is 0 Å². The zero-order chi connectivity index (χ0) is 10.8. The molecule has 78 valence electrons. The molecule has 0 aliphatic carbocycles. The van der Waals surface area contributed by atoms with Crippen LogP contribution in [-0.2, 0) is 6.42 Å². The van der Waals surface area contributed by atoms with Gasteiger partial charge >= 0.3 is 5.76 Å². The van der Waals surface area contributed by atoms with Crippen molar-refractivity contribution >= 4 is 23.2 Å². The number of aromatic nitrogens is 2. The highest BCUT2D eigenvalue weighted by Crippen LogP contribution is 2.25. The van der Waals surface area contributed by atoms with Crippen molar-refractivity contribution in [2.45, 2.75) is 6.42 Å². The van der Waals surface area contributed by atoms with Gasteiger partial charge in [0.25, 0.3) is 0 Å². The van der Waals surface area contributed by atoms with Crippen LogP contribution in [-0.4, -0.2) is 10.1 Å². The van der Waals surface area contributed by atoms with Crippen molar-refractivity contribution in [2.24, 2.45) is 0 Å². The molecule has 0 aliphatic heterocycles. The van der Waals surface area contributed by atoms with Crippen molar-refractivity contribution < 1.29 is 4.52 Å². The van der Waals surface area contributed by atoms with E-state index in [1.165, 1.54) is 0 Å². The third-order valence-corrected chi connectivity index (χ3v) is 2.60. The molecule has 0 unspecified atom stereocenters. The summed E-state index contributed by atoms with van der Waals surface area (Å²) in [6, 6.07) is 5.20. The van der Waals surface area contributed by atoms with Gasteiger partial charge in [-0.1, -0.05) is 34.4 Å². The first kappa shape index (κ1) is 10.3. The van der Waals surface area contributed by atoms with Crippen LogP contribution >= 0.6 is 23.2 Å². The molecule has 0 bridgehead atoms. The Morgan fingerprint density at radius 2 is 2.00 bits per heavy atom. The van der Waals surface area contributed by atoms with Crippen molar-refractivity contribution in [3.63, 3.8) is 0 Å². The minimum absolute atomic E-state index is 0.338. The van der Waals surface area contributed by atoms with E-state index in [9.17, 15) is 4.79 Å². The first-order chi connectivity index (χ1) is 7.16. The summed E-state index contributed by atoms with van der Waals surface area (Å²) in [7, 11) is 0. The summed E-state index contributed by atoms with van der Waals surface area (Å²) < 4.78 is 4.37. The fourth-order valence-electron chi connectivity index (χ4n) is 1.21. The van der Waals surface area contributed by atoms with E-state index >= 15 is 0 Å². The number of aromatic amines is 1. The third kappa shape index (κ3) is 2.22. The van der Waals surface area contributed by atoms with Gasteiger partial charge in [0.2, 0.25) is 0 Å². The third-order valence-electron chi connectivity index (χ3n) is 1.89. The van der Waals surface area contributed by atoms with E-state index in [-0.39, 0.29) is 0 Å². The molecule has 1 heterocycles. The molecule has 2 rings (SSSR count). The Morgan fingerprint density at radius 1 is 1.33 bits per heavy atom. The Labute approximate surface area is 94.8 Å². The fraction of sp³-hybridized carbons (Fsp3) is 0.111. The van der Waals surface area contributed by atoms with Crippen molar-refractivity contribution in [1.82, 2.24) is 10.1 Å². The molecule has 0 aliphatic rings. The van der Waals surface area contributed by atoms with Crippen molar-refractivity contribution in [1.29, 1.82) is 0 Å². The van der Waals surface area contributed by atoms with Gasteiger partial charge in [-0.25, -0.2) is 4.79 Å². The monoisotopic (exact) mass is 244 g/mol. The number of nitrogens with zero attached hydrogens (tertiary/aromatic N) is 1. The van der Waals surface area contributed by atoms with Gasteiger partial charge < -0.3 is 0 Å². The zero-order valence-electron chi connectivity index (χ0n) is 7.46. The molecule has 6 heteroatoms. The summed E-state index contributed by atoms with van der Waals surface area (Å²) in [6.07, 6.45) is 0.338. The summed E-state index contributed by atoms with van der Waals surface area (Å²) in [5, 5.41) is 4.60. The van der Waals surface area contributed by atoms with E-state index in [1.807, 2.05) is 0 Å². The highest BCUT2D eigenvalue weighted by Gasteiger charge is 2.09. The van der Waals surface area contributed by atoms with Crippen LogP contribution in [0.5, 0.6) is 0 Å². The molecule has 0 amide bonds. The number of H-pyrrole nitrogens is 1. The number of benzene rings is 1. The average molecular weight is 245 g/mol. The van der Waals surface area contributed by atoms with Crippen molar-refractivity contribution in [2.75, 3.05) is 0 Å². The minimum atomic E-state index is -0.590. The normalized spacial score (nSPS) is 10.5. The smallest absolute Gasteiger partial charge is 0.296 e. The lowest BCUT2D eigenvalue weighted by Crippen LogP contribution is -1.98.